The number of rotatable bonds is 5. The van der Waals surface area contributed by atoms with Gasteiger partial charge in [-0.1, -0.05) is 23.7 Å². The Hall–Kier alpha value is -3.03. The summed E-state index contributed by atoms with van der Waals surface area (Å²) >= 11 is 8.19. The SMILES string of the molecule is CSc1ccc(NC(=O)NC(c2c(C)cccc2Cl)c2cnc3cccnn23)cc1. The predicted octanol–water partition coefficient (Wildman–Crippen LogP) is 5.32. The average molecular weight is 438 g/mol. The molecule has 2 aromatic heterocycles. The lowest BCUT2D eigenvalue weighted by Gasteiger charge is -2.22. The molecule has 4 rings (SSSR count). The van der Waals surface area contributed by atoms with E-state index < -0.39 is 6.04 Å². The first-order valence-electron chi connectivity index (χ1n) is 9.32. The predicted molar refractivity (Wildman–Crippen MR) is 121 cm³/mol. The Morgan fingerprint density at radius 3 is 2.67 bits per heavy atom. The second-order valence-electron chi connectivity index (χ2n) is 6.71. The number of thioether (sulfide) groups is 1. The molecule has 1 unspecified atom stereocenters. The highest BCUT2D eigenvalue weighted by atomic mass is 35.5. The van der Waals surface area contributed by atoms with Crippen LogP contribution in [0.25, 0.3) is 5.65 Å². The molecule has 0 spiro atoms. The highest BCUT2D eigenvalue weighted by Crippen LogP contribution is 2.31. The number of imidazole rings is 1. The van der Waals surface area contributed by atoms with Crippen LogP contribution in [0.1, 0.15) is 22.9 Å². The highest BCUT2D eigenvalue weighted by molar-refractivity contribution is 7.98. The van der Waals surface area contributed by atoms with Crippen LogP contribution in [0, 0.1) is 6.92 Å². The first-order valence-corrected chi connectivity index (χ1v) is 10.9. The maximum Gasteiger partial charge on any atom is 0.320 e. The van der Waals surface area contributed by atoms with Crippen molar-refractivity contribution in [2.45, 2.75) is 17.9 Å². The van der Waals surface area contributed by atoms with E-state index >= 15 is 0 Å². The molecule has 30 heavy (non-hydrogen) atoms. The number of aryl methyl sites for hydroxylation is 1. The van der Waals surface area contributed by atoms with E-state index in [1.54, 1.807) is 28.7 Å². The van der Waals surface area contributed by atoms with Crippen molar-refractivity contribution < 1.29 is 4.79 Å². The minimum absolute atomic E-state index is 0.345. The number of fused-ring (bicyclic) bond motifs is 1. The van der Waals surface area contributed by atoms with Gasteiger partial charge in [0.25, 0.3) is 0 Å². The molecule has 2 aromatic carbocycles. The number of urea groups is 1. The molecule has 8 heteroatoms. The van der Waals surface area contributed by atoms with Crippen LogP contribution in [0.4, 0.5) is 10.5 Å². The Bertz CT molecular complexity index is 1170. The summed E-state index contributed by atoms with van der Waals surface area (Å²) < 4.78 is 1.71. The summed E-state index contributed by atoms with van der Waals surface area (Å²) in [5, 5.41) is 10.9. The number of anilines is 1. The summed E-state index contributed by atoms with van der Waals surface area (Å²) in [6, 6.07) is 16.1. The molecule has 2 amide bonds. The van der Waals surface area contributed by atoms with Crippen LogP contribution in [0.2, 0.25) is 5.02 Å². The largest absolute Gasteiger partial charge is 0.325 e. The fourth-order valence-electron chi connectivity index (χ4n) is 3.32. The van der Waals surface area contributed by atoms with Gasteiger partial charge in [-0.05, 0) is 61.2 Å². The van der Waals surface area contributed by atoms with E-state index in [0.717, 1.165) is 21.7 Å². The Morgan fingerprint density at radius 2 is 1.93 bits per heavy atom. The number of nitrogens with one attached hydrogen (secondary N) is 2. The third-order valence-electron chi connectivity index (χ3n) is 4.78. The normalized spacial score (nSPS) is 12.0. The molecule has 0 radical (unpaired) electrons. The number of halogens is 1. The third kappa shape index (κ3) is 4.13. The Labute approximate surface area is 183 Å². The number of hydrogen-bond acceptors (Lipinski definition) is 4. The summed E-state index contributed by atoms with van der Waals surface area (Å²) in [7, 11) is 0. The van der Waals surface area contributed by atoms with E-state index in [9.17, 15) is 4.79 Å². The molecule has 2 heterocycles. The molecule has 2 N–H and O–H groups in total. The smallest absolute Gasteiger partial charge is 0.320 e. The van der Waals surface area contributed by atoms with Crippen molar-refractivity contribution >= 4 is 40.7 Å². The van der Waals surface area contributed by atoms with Gasteiger partial charge >= 0.3 is 6.03 Å². The average Bonchev–Trinajstić information content (AvgIpc) is 3.17. The lowest BCUT2D eigenvalue weighted by molar-refractivity contribution is 0.250. The second-order valence-corrected chi connectivity index (χ2v) is 7.99. The number of benzene rings is 2. The molecule has 0 saturated carbocycles. The summed E-state index contributed by atoms with van der Waals surface area (Å²) in [6.45, 7) is 1.96. The van der Waals surface area contributed by atoms with Gasteiger partial charge in [-0.3, -0.25) is 0 Å². The highest BCUT2D eigenvalue weighted by Gasteiger charge is 2.25. The van der Waals surface area contributed by atoms with Gasteiger partial charge in [0.15, 0.2) is 5.65 Å². The van der Waals surface area contributed by atoms with Crippen molar-refractivity contribution in [3.63, 3.8) is 0 Å². The van der Waals surface area contributed by atoms with Crippen molar-refractivity contribution in [3.05, 3.63) is 88.8 Å². The van der Waals surface area contributed by atoms with E-state index in [1.165, 1.54) is 0 Å². The fraction of sp³-hybridized carbons (Fsp3) is 0.136. The zero-order chi connectivity index (χ0) is 21.1. The molecule has 6 nitrogen and oxygen atoms in total. The van der Waals surface area contributed by atoms with Crippen LogP contribution in [0.3, 0.4) is 0 Å². The second kappa shape index (κ2) is 8.77. The first-order chi connectivity index (χ1) is 14.6. The van der Waals surface area contributed by atoms with Crippen LogP contribution in [0.15, 0.2) is 71.9 Å². The number of nitrogens with zero attached hydrogens (tertiary/aromatic N) is 3. The van der Waals surface area contributed by atoms with Crippen molar-refractivity contribution in [1.82, 2.24) is 19.9 Å². The minimum atomic E-state index is -0.533. The van der Waals surface area contributed by atoms with E-state index in [-0.39, 0.29) is 6.03 Å². The van der Waals surface area contributed by atoms with Crippen molar-refractivity contribution in [1.29, 1.82) is 0 Å². The van der Waals surface area contributed by atoms with E-state index in [1.807, 2.05) is 67.8 Å². The lowest BCUT2D eigenvalue weighted by Crippen LogP contribution is -2.34. The van der Waals surface area contributed by atoms with Crippen molar-refractivity contribution in [3.8, 4) is 0 Å². The Balaban J connectivity index is 1.69. The topological polar surface area (TPSA) is 71.3 Å². The zero-order valence-electron chi connectivity index (χ0n) is 16.5. The molecule has 1 atom stereocenters. The van der Waals surface area contributed by atoms with Crippen LogP contribution in [-0.4, -0.2) is 26.9 Å². The van der Waals surface area contributed by atoms with Gasteiger partial charge in [0.05, 0.1) is 11.9 Å². The molecular formula is C22H20ClN5OS. The van der Waals surface area contributed by atoms with Crippen LogP contribution >= 0.6 is 23.4 Å². The van der Waals surface area contributed by atoms with Gasteiger partial charge < -0.3 is 10.6 Å². The number of hydrogen-bond donors (Lipinski definition) is 2. The third-order valence-corrected chi connectivity index (χ3v) is 5.86. The molecular weight excluding hydrogens is 418 g/mol. The van der Waals surface area contributed by atoms with E-state index in [2.05, 4.69) is 20.7 Å². The summed E-state index contributed by atoms with van der Waals surface area (Å²) in [4.78, 5) is 18.4. The minimum Gasteiger partial charge on any atom is -0.325 e. The number of amides is 2. The van der Waals surface area contributed by atoms with Crippen LogP contribution in [0.5, 0.6) is 0 Å². The quantitative estimate of drug-likeness (QED) is 0.414. The first kappa shape index (κ1) is 20.3. The monoisotopic (exact) mass is 437 g/mol. The van der Waals surface area contributed by atoms with Gasteiger partial charge in [-0.15, -0.1) is 11.8 Å². The molecule has 0 aliphatic carbocycles. The standard InChI is InChI=1S/C22H20ClN5OS/c1-14-5-3-6-17(23)20(14)21(18-13-24-19-7-4-12-25-28(18)19)27-22(29)26-15-8-10-16(30-2)11-9-15/h3-13,21H,1-2H3,(H2,26,27,29). The molecule has 0 bridgehead atoms. The lowest BCUT2D eigenvalue weighted by atomic mass is 9.99. The molecule has 0 aliphatic rings. The molecule has 0 saturated heterocycles. The number of carbonyl (C=O) groups is 1. The van der Waals surface area contributed by atoms with Gasteiger partial charge in [0, 0.05) is 27.4 Å². The maximum absolute atomic E-state index is 12.9. The van der Waals surface area contributed by atoms with Crippen molar-refractivity contribution in [2.75, 3.05) is 11.6 Å². The molecule has 4 aromatic rings. The summed E-state index contributed by atoms with van der Waals surface area (Å²) in [5.74, 6) is 0. The molecule has 0 aliphatic heterocycles. The summed E-state index contributed by atoms with van der Waals surface area (Å²) in [6.07, 6.45) is 5.40. The van der Waals surface area contributed by atoms with Crippen molar-refractivity contribution in [2.24, 2.45) is 0 Å². The van der Waals surface area contributed by atoms with E-state index in [4.69, 9.17) is 11.6 Å². The van der Waals surface area contributed by atoms with Gasteiger partial charge in [-0.2, -0.15) is 5.10 Å². The van der Waals surface area contributed by atoms with Gasteiger partial charge in [0.1, 0.15) is 6.04 Å². The molecule has 152 valence electrons. The van der Waals surface area contributed by atoms with Crippen LogP contribution < -0.4 is 10.6 Å². The maximum atomic E-state index is 12.9. The number of aromatic nitrogens is 3. The fourth-order valence-corrected chi connectivity index (χ4v) is 4.06. The number of carbonyl (C=O) groups excluding carboxylic acids is 1. The summed E-state index contributed by atoms with van der Waals surface area (Å²) in [5.41, 5.74) is 3.88. The van der Waals surface area contributed by atoms with Gasteiger partial charge in [-0.25, -0.2) is 14.3 Å². The van der Waals surface area contributed by atoms with Gasteiger partial charge in [0.2, 0.25) is 0 Å². The van der Waals surface area contributed by atoms with E-state index in [0.29, 0.717) is 16.4 Å². The Morgan fingerprint density at radius 1 is 1.13 bits per heavy atom. The Kier molecular flexibility index (Phi) is 5.92. The molecule has 0 fully saturated rings. The zero-order valence-corrected chi connectivity index (χ0v) is 18.0. The van der Waals surface area contributed by atoms with Crippen LogP contribution in [-0.2, 0) is 0 Å².